The van der Waals surface area contributed by atoms with E-state index in [1.165, 1.54) is 5.56 Å². The quantitative estimate of drug-likeness (QED) is 0.777. The number of carbonyl (C=O) groups excluding carboxylic acids is 1. The first kappa shape index (κ1) is 13.3. The van der Waals surface area contributed by atoms with E-state index in [1.807, 2.05) is 24.3 Å². The van der Waals surface area contributed by atoms with Crippen LogP contribution in [0.5, 0.6) is 0 Å². The average Bonchev–Trinajstić information content (AvgIpc) is 2.46. The minimum absolute atomic E-state index is 0.442. The van der Waals surface area contributed by atoms with Gasteiger partial charge in [0.1, 0.15) is 0 Å². The summed E-state index contributed by atoms with van der Waals surface area (Å²) in [4.78, 5) is 15.9. The smallest absolute Gasteiger partial charge is 0.250 e. The number of aryl methyl sites for hydroxylation is 2. The van der Waals surface area contributed by atoms with E-state index in [4.69, 9.17) is 5.73 Å². The van der Waals surface area contributed by atoms with Gasteiger partial charge in [0.25, 0.3) is 5.91 Å². The van der Waals surface area contributed by atoms with Crippen LogP contribution in [-0.2, 0) is 0 Å². The summed E-state index contributed by atoms with van der Waals surface area (Å²) in [5.41, 5.74) is 10.9. The molecule has 104 valence electrons. The van der Waals surface area contributed by atoms with Crippen LogP contribution < -0.4 is 5.73 Å². The van der Waals surface area contributed by atoms with Crippen molar-refractivity contribution in [1.29, 1.82) is 0 Å². The number of primary amides is 1. The van der Waals surface area contributed by atoms with E-state index in [2.05, 4.69) is 36.2 Å². The Morgan fingerprint density at radius 3 is 2.29 bits per heavy atom. The first-order chi connectivity index (χ1) is 10.0. The van der Waals surface area contributed by atoms with Crippen LogP contribution in [0.3, 0.4) is 0 Å². The van der Waals surface area contributed by atoms with Gasteiger partial charge in [0, 0.05) is 5.39 Å². The summed E-state index contributed by atoms with van der Waals surface area (Å²) in [7, 11) is 0. The molecule has 3 heteroatoms. The Balaban J connectivity index is 2.16. The van der Waals surface area contributed by atoms with Gasteiger partial charge >= 0.3 is 0 Å². The summed E-state index contributed by atoms with van der Waals surface area (Å²) in [5, 5.41) is 0.924. The molecule has 0 spiro atoms. The highest BCUT2D eigenvalue weighted by molar-refractivity contribution is 5.98. The number of nitrogens with zero attached hydrogens (tertiary/aromatic N) is 1. The van der Waals surface area contributed by atoms with E-state index in [0.29, 0.717) is 11.3 Å². The number of rotatable bonds is 2. The predicted molar refractivity (Wildman–Crippen MR) is 85.2 cm³/mol. The van der Waals surface area contributed by atoms with E-state index in [0.717, 1.165) is 22.0 Å². The number of amides is 1. The number of pyridine rings is 1. The van der Waals surface area contributed by atoms with Gasteiger partial charge in [-0.15, -0.1) is 0 Å². The van der Waals surface area contributed by atoms with Gasteiger partial charge in [-0.3, -0.25) is 9.78 Å². The minimum Gasteiger partial charge on any atom is -0.366 e. The molecule has 0 fully saturated rings. The third-order valence-corrected chi connectivity index (χ3v) is 3.66. The maximum Gasteiger partial charge on any atom is 0.250 e. The van der Waals surface area contributed by atoms with Crippen LogP contribution in [0.25, 0.3) is 22.0 Å². The Kier molecular flexibility index (Phi) is 3.18. The fraction of sp³-hybridized carbons (Fsp3) is 0.111. The van der Waals surface area contributed by atoms with Crippen LogP contribution in [0.2, 0.25) is 0 Å². The molecule has 1 heterocycles. The summed E-state index contributed by atoms with van der Waals surface area (Å²) in [6, 6.07) is 16.2. The predicted octanol–water partition coefficient (Wildman–Crippen LogP) is 3.62. The average molecular weight is 276 g/mol. The van der Waals surface area contributed by atoms with Gasteiger partial charge in [-0.1, -0.05) is 35.9 Å². The number of hydrogen-bond acceptors (Lipinski definition) is 2. The molecule has 3 nitrogen and oxygen atoms in total. The maximum atomic E-state index is 11.4. The molecule has 2 aromatic carbocycles. The van der Waals surface area contributed by atoms with Gasteiger partial charge in [0.2, 0.25) is 0 Å². The van der Waals surface area contributed by atoms with E-state index >= 15 is 0 Å². The topological polar surface area (TPSA) is 56.0 Å². The molecule has 0 saturated carbocycles. The number of fused-ring (bicyclic) bond motifs is 1. The first-order valence-corrected chi connectivity index (χ1v) is 6.83. The Morgan fingerprint density at radius 1 is 0.952 bits per heavy atom. The molecule has 3 rings (SSSR count). The largest absolute Gasteiger partial charge is 0.366 e. The van der Waals surface area contributed by atoms with Crippen LogP contribution in [0.15, 0.2) is 48.5 Å². The van der Waals surface area contributed by atoms with E-state index in [9.17, 15) is 4.79 Å². The van der Waals surface area contributed by atoms with Crippen molar-refractivity contribution in [3.63, 3.8) is 0 Å². The van der Waals surface area contributed by atoms with Crippen molar-refractivity contribution in [2.24, 2.45) is 5.73 Å². The SMILES string of the molecule is Cc1ccc(-c2ccc3nc(C)c(C(N)=O)cc3c2)cc1. The summed E-state index contributed by atoms with van der Waals surface area (Å²) >= 11 is 0. The molecule has 0 aliphatic rings. The van der Waals surface area contributed by atoms with Crippen LogP contribution in [0.4, 0.5) is 0 Å². The number of benzene rings is 2. The second-order valence-corrected chi connectivity index (χ2v) is 5.26. The number of carbonyl (C=O) groups is 1. The second kappa shape index (κ2) is 5.02. The van der Waals surface area contributed by atoms with Gasteiger partial charge in [-0.05, 0) is 43.2 Å². The third kappa shape index (κ3) is 2.50. The number of nitrogens with two attached hydrogens (primary N) is 1. The summed E-state index contributed by atoms with van der Waals surface area (Å²) < 4.78 is 0. The van der Waals surface area contributed by atoms with Gasteiger partial charge in [-0.25, -0.2) is 0 Å². The molecule has 0 unspecified atom stereocenters. The summed E-state index contributed by atoms with van der Waals surface area (Å²) in [5.74, 6) is -0.442. The Labute approximate surface area is 123 Å². The second-order valence-electron chi connectivity index (χ2n) is 5.26. The van der Waals surface area contributed by atoms with Crippen LogP contribution in [0.1, 0.15) is 21.6 Å². The lowest BCUT2D eigenvalue weighted by Gasteiger charge is -2.07. The molecule has 0 aliphatic carbocycles. The van der Waals surface area contributed by atoms with Crippen LogP contribution >= 0.6 is 0 Å². The molecule has 3 aromatic rings. The van der Waals surface area contributed by atoms with Crippen molar-refractivity contribution in [3.05, 3.63) is 65.4 Å². The standard InChI is InChI=1S/C18H16N2O/c1-11-3-5-13(6-4-11)14-7-8-17-15(9-14)10-16(18(19)21)12(2)20-17/h3-10H,1-2H3,(H2,19,21). The maximum absolute atomic E-state index is 11.4. The monoisotopic (exact) mass is 276 g/mol. The fourth-order valence-corrected chi connectivity index (χ4v) is 2.45. The van der Waals surface area contributed by atoms with Crippen molar-refractivity contribution < 1.29 is 4.79 Å². The van der Waals surface area contributed by atoms with E-state index in [-0.39, 0.29) is 0 Å². The number of hydrogen-bond donors (Lipinski definition) is 1. The third-order valence-electron chi connectivity index (χ3n) is 3.66. The van der Waals surface area contributed by atoms with Crippen molar-refractivity contribution in [2.45, 2.75) is 13.8 Å². The summed E-state index contributed by atoms with van der Waals surface area (Å²) in [6.45, 7) is 3.86. The highest BCUT2D eigenvalue weighted by Crippen LogP contribution is 2.25. The highest BCUT2D eigenvalue weighted by Gasteiger charge is 2.09. The molecule has 0 bridgehead atoms. The molecule has 0 atom stereocenters. The van der Waals surface area contributed by atoms with E-state index in [1.54, 1.807) is 6.92 Å². The Bertz CT molecular complexity index is 836. The zero-order valence-electron chi connectivity index (χ0n) is 12.1. The van der Waals surface area contributed by atoms with Crippen molar-refractivity contribution in [1.82, 2.24) is 4.98 Å². The summed E-state index contributed by atoms with van der Waals surface area (Å²) in [6.07, 6.45) is 0. The zero-order valence-corrected chi connectivity index (χ0v) is 12.1. The van der Waals surface area contributed by atoms with E-state index < -0.39 is 5.91 Å². The molecule has 0 radical (unpaired) electrons. The van der Waals surface area contributed by atoms with Crippen LogP contribution in [0, 0.1) is 13.8 Å². The van der Waals surface area contributed by atoms with Gasteiger partial charge in [0.05, 0.1) is 16.8 Å². The molecule has 0 saturated heterocycles. The molecule has 2 N–H and O–H groups in total. The first-order valence-electron chi connectivity index (χ1n) is 6.83. The molecular weight excluding hydrogens is 260 g/mol. The van der Waals surface area contributed by atoms with Gasteiger partial charge in [0.15, 0.2) is 0 Å². The lowest BCUT2D eigenvalue weighted by Crippen LogP contribution is -2.13. The Hall–Kier alpha value is -2.68. The fourth-order valence-electron chi connectivity index (χ4n) is 2.45. The van der Waals surface area contributed by atoms with Gasteiger partial charge in [-0.2, -0.15) is 0 Å². The molecule has 1 amide bonds. The van der Waals surface area contributed by atoms with Crippen molar-refractivity contribution in [2.75, 3.05) is 0 Å². The zero-order chi connectivity index (χ0) is 15.0. The molecule has 21 heavy (non-hydrogen) atoms. The molecular formula is C18H16N2O. The lowest BCUT2D eigenvalue weighted by molar-refractivity contribution is 0.0999. The number of aromatic nitrogens is 1. The van der Waals surface area contributed by atoms with Crippen molar-refractivity contribution in [3.8, 4) is 11.1 Å². The minimum atomic E-state index is -0.442. The van der Waals surface area contributed by atoms with Gasteiger partial charge < -0.3 is 5.73 Å². The lowest BCUT2D eigenvalue weighted by atomic mass is 10.0. The molecule has 1 aromatic heterocycles. The molecule has 0 aliphatic heterocycles. The normalized spacial score (nSPS) is 10.8. The van der Waals surface area contributed by atoms with Crippen LogP contribution in [-0.4, -0.2) is 10.9 Å². The Morgan fingerprint density at radius 2 is 1.62 bits per heavy atom. The highest BCUT2D eigenvalue weighted by atomic mass is 16.1. The van der Waals surface area contributed by atoms with Crippen molar-refractivity contribution >= 4 is 16.8 Å².